The number of benzene rings is 1. The quantitative estimate of drug-likeness (QED) is 0.822. The molecular weight excluding hydrogens is 264 g/mol. The average molecular weight is 280 g/mol. The molecule has 5 nitrogen and oxygen atoms in total. The summed E-state index contributed by atoms with van der Waals surface area (Å²) in [5.74, 6) is 0.360. The molecule has 1 aromatic heterocycles. The Kier molecular flexibility index (Phi) is 3.69. The summed E-state index contributed by atoms with van der Waals surface area (Å²) in [4.78, 5) is 15.8. The minimum Gasteiger partial charge on any atom is -0.382 e. The summed E-state index contributed by atoms with van der Waals surface area (Å²) in [5.41, 5.74) is 2.15. The molecule has 1 saturated carbocycles. The van der Waals surface area contributed by atoms with Crippen molar-refractivity contribution in [3.63, 3.8) is 0 Å². The van der Waals surface area contributed by atoms with Gasteiger partial charge in [0.15, 0.2) is 0 Å². The Morgan fingerprint density at radius 3 is 2.90 bits per heavy atom. The fourth-order valence-electron chi connectivity index (χ4n) is 2.28. The van der Waals surface area contributed by atoms with Gasteiger partial charge in [0.25, 0.3) is 0 Å². The average Bonchev–Trinajstić information content (AvgIpc) is 3.36. The second kappa shape index (κ2) is 5.80. The number of nitriles is 1. The summed E-state index contributed by atoms with van der Waals surface area (Å²) in [6.07, 6.45) is 3.59. The monoisotopic (exact) mass is 280 g/mol. The standard InChI is InChI=1S/C16H16N4O/c17-9-12-10-20-14-4-2-1-3-13(14)15(12)18-7-8-19-16(21)11-5-6-11/h1-4,10-11H,5-8H2,(H,18,20)(H,19,21). The van der Waals surface area contributed by atoms with Gasteiger partial charge in [0, 0.05) is 30.6 Å². The molecule has 0 bridgehead atoms. The van der Waals surface area contributed by atoms with Crippen molar-refractivity contribution < 1.29 is 4.79 Å². The molecule has 1 aliphatic carbocycles. The van der Waals surface area contributed by atoms with Crippen LogP contribution < -0.4 is 10.6 Å². The maximum absolute atomic E-state index is 11.6. The second-order valence-corrected chi connectivity index (χ2v) is 5.17. The van der Waals surface area contributed by atoms with Crippen LogP contribution in [0.5, 0.6) is 0 Å². The van der Waals surface area contributed by atoms with Gasteiger partial charge in [-0.25, -0.2) is 0 Å². The van der Waals surface area contributed by atoms with Gasteiger partial charge in [0.2, 0.25) is 5.91 Å². The Hall–Kier alpha value is -2.61. The second-order valence-electron chi connectivity index (χ2n) is 5.17. The number of pyridine rings is 1. The first-order chi connectivity index (χ1) is 10.3. The molecule has 0 atom stereocenters. The molecule has 0 spiro atoms. The third-order valence-electron chi connectivity index (χ3n) is 3.57. The maximum atomic E-state index is 11.6. The van der Waals surface area contributed by atoms with Crippen molar-refractivity contribution in [3.8, 4) is 6.07 Å². The van der Waals surface area contributed by atoms with Crippen molar-refractivity contribution in [2.75, 3.05) is 18.4 Å². The predicted molar refractivity (Wildman–Crippen MR) is 80.7 cm³/mol. The van der Waals surface area contributed by atoms with E-state index < -0.39 is 0 Å². The van der Waals surface area contributed by atoms with E-state index >= 15 is 0 Å². The van der Waals surface area contributed by atoms with Crippen molar-refractivity contribution in [2.24, 2.45) is 5.92 Å². The minimum atomic E-state index is 0.136. The maximum Gasteiger partial charge on any atom is 0.223 e. The lowest BCUT2D eigenvalue weighted by molar-refractivity contribution is -0.122. The molecule has 0 aliphatic heterocycles. The van der Waals surface area contributed by atoms with Crippen LogP contribution in [0.4, 0.5) is 5.69 Å². The van der Waals surface area contributed by atoms with Gasteiger partial charge >= 0.3 is 0 Å². The molecule has 1 aromatic carbocycles. The number of nitrogens with one attached hydrogen (secondary N) is 2. The van der Waals surface area contributed by atoms with Gasteiger partial charge in [-0.2, -0.15) is 5.26 Å². The molecule has 21 heavy (non-hydrogen) atoms. The lowest BCUT2D eigenvalue weighted by Crippen LogP contribution is -2.29. The lowest BCUT2D eigenvalue weighted by atomic mass is 10.1. The largest absolute Gasteiger partial charge is 0.382 e. The first kappa shape index (κ1) is 13.4. The zero-order valence-electron chi connectivity index (χ0n) is 11.6. The third-order valence-corrected chi connectivity index (χ3v) is 3.57. The SMILES string of the molecule is N#Cc1cnc2ccccc2c1NCCNC(=O)C1CC1. The summed E-state index contributed by atoms with van der Waals surface area (Å²) >= 11 is 0. The number of rotatable bonds is 5. The summed E-state index contributed by atoms with van der Waals surface area (Å²) in [6, 6.07) is 9.84. The number of fused-ring (bicyclic) bond motifs is 1. The summed E-state index contributed by atoms with van der Waals surface area (Å²) < 4.78 is 0. The normalized spacial score (nSPS) is 13.7. The van der Waals surface area contributed by atoms with E-state index in [1.54, 1.807) is 6.20 Å². The van der Waals surface area contributed by atoms with E-state index in [1.165, 1.54) is 0 Å². The van der Waals surface area contributed by atoms with Crippen LogP contribution in [0.15, 0.2) is 30.5 Å². The molecule has 0 unspecified atom stereocenters. The Morgan fingerprint density at radius 1 is 1.33 bits per heavy atom. The Balaban J connectivity index is 1.70. The number of anilines is 1. The van der Waals surface area contributed by atoms with E-state index in [9.17, 15) is 10.1 Å². The van der Waals surface area contributed by atoms with E-state index in [0.29, 0.717) is 18.7 Å². The summed E-state index contributed by atoms with van der Waals surface area (Å²) in [5, 5.41) is 16.3. The molecule has 3 rings (SSSR count). The van der Waals surface area contributed by atoms with Gasteiger partial charge in [0.1, 0.15) is 6.07 Å². The minimum absolute atomic E-state index is 0.136. The molecule has 2 N–H and O–H groups in total. The Labute approximate surface area is 123 Å². The Morgan fingerprint density at radius 2 is 2.14 bits per heavy atom. The molecule has 2 aromatic rings. The number of hydrogen-bond donors (Lipinski definition) is 2. The number of hydrogen-bond acceptors (Lipinski definition) is 4. The molecule has 1 fully saturated rings. The van der Waals surface area contributed by atoms with Crippen LogP contribution in [-0.4, -0.2) is 24.0 Å². The van der Waals surface area contributed by atoms with Gasteiger partial charge in [-0.15, -0.1) is 0 Å². The highest BCUT2D eigenvalue weighted by atomic mass is 16.2. The van der Waals surface area contributed by atoms with E-state index in [2.05, 4.69) is 21.7 Å². The number of carbonyl (C=O) groups is 1. The number of aromatic nitrogens is 1. The van der Waals surface area contributed by atoms with E-state index in [1.807, 2.05) is 24.3 Å². The topological polar surface area (TPSA) is 77.8 Å². The van der Waals surface area contributed by atoms with Crippen LogP contribution >= 0.6 is 0 Å². The van der Waals surface area contributed by atoms with E-state index in [4.69, 9.17) is 0 Å². The number of para-hydroxylation sites is 1. The molecule has 1 heterocycles. The first-order valence-electron chi connectivity index (χ1n) is 7.09. The highest BCUT2D eigenvalue weighted by molar-refractivity contribution is 5.93. The molecule has 106 valence electrons. The fourth-order valence-corrected chi connectivity index (χ4v) is 2.28. The molecule has 1 aliphatic rings. The number of nitrogens with zero attached hydrogens (tertiary/aromatic N) is 2. The molecular formula is C16H16N4O. The predicted octanol–water partition coefficient (Wildman–Crippen LogP) is 2.04. The lowest BCUT2D eigenvalue weighted by Gasteiger charge is -2.11. The molecule has 5 heteroatoms. The number of carbonyl (C=O) groups excluding carboxylic acids is 1. The van der Waals surface area contributed by atoms with Crippen molar-refractivity contribution >= 4 is 22.5 Å². The van der Waals surface area contributed by atoms with Gasteiger partial charge in [-0.3, -0.25) is 9.78 Å². The summed E-state index contributed by atoms with van der Waals surface area (Å²) in [6.45, 7) is 1.14. The molecule has 0 saturated heterocycles. The van der Waals surface area contributed by atoms with Crippen molar-refractivity contribution in [2.45, 2.75) is 12.8 Å². The van der Waals surface area contributed by atoms with Crippen LogP contribution in [-0.2, 0) is 4.79 Å². The smallest absolute Gasteiger partial charge is 0.223 e. The molecule has 0 radical (unpaired) electrons. The Bertz CT molecular complexity index is 716. The van der Waals surface area contributed by atoms with Crippen LogP contribution in [0, 0.1) is 17.2 Å². The van der Waals surface area contributed by atoms with Gasteiger partial charge in [0.05, 0.1) is 16.8 Å². The summed E-state index contributed by atoms with van der Waals surface area (Å²) in [7, 11) is 0. The van der Waals surface area contributed by atoms with Gasteiger partial charge in [-0.1, -0.05) is 18.2 Å². The van der Waals surface area contributed by atoms with Crippen LogP contribution in [0.2, 0.25) is 0 Å². The van der Waals surface area contributed by atoms with Gasteiger partial charge < -0.3 is 10.6 Å². The highest BCUT2D eigenvalue weighted by Crippen LogP contribution is 2.28. The van der Waals surface area contributed by atoms with Crippen molar-refractivity contribution in [1.82, 2.24) is 10.3 Å². The third kappa shape index (κ3) is 2.95. The van der Waals surface area contributed by atoms with Crippen molar-refractivity contribution in [1.29, 1.82) is 5.26 Å². The van der Waals surface area contributed by atoms with Gasteiger partial charge in [-0.05, 0) is 18.9 Å². The molecule has 1 amide bonds. The van der Waals surface area contributed by atoms with Crippen LogP contribution in [0.1, 0.15) is 18.4 Å². The highest BCUT2D eigenvalue weighted by Gasteiger charge is 2.28. The van der Waals surface area contributed by atoms with E-state index in [-0.39, 0.29) is 11.8 Å². The zero-order valence-corrected chi connectivity index (χ0v) is 11.6. The first-order valence-corrected chi connectivity index (χ1v) is 7.09. The number of amides is 1. The van der Waals surface area contributed by atoms with Crippen LogP contribution in [0.25, 0.3) is 10.9 Å². The zero-order chi connectivity index (χ0) is 14.7. The van der Waals surface area contributed by atoms with Crippen LogP contribution in [0.3, 0.4) is 0 Å². The van der Waals surface area contributed by atoms with E-state index in [0.717, 1.165) is 29.4 Å². The van der Waals surface area contributed by atoms with Crippen molar-refractivity contribution in [3.05, 3.63) is 36.0 Å². The fraction of sp³-hybridized carbons (Fsp3) is 0.312.